The van der Waals surface area contributed by atoms with Crippen molar-refractivity contribution >= 4 is 90.7 Å². The Hall–Kier alpha value is -5.19. The van der Waals surface area contributed by atoms with Crippen LogP contribution in [0.3, 0.4) is 0 Å². The Kier molecular flexibility index (Phi) is 10.9. The van der Waals surface area contributed by atoms with E-state index in [9.17, 15) is 0 Å². The summed E-state index contributed by atoms with van der Waals surface area (Å²) in [7, 11) is 0. The highest BCUT2D eigenvalue weighted by atomic mass is 32.2. The number of rotatable bonds is 7. The van der Waals surface area contributed by atoms with Gasteiger partial charge in [0.1, 0.15) is 21.4 Å². The third-order valence-corrected chi connectivity index (χ3v) is 16.1. The van der Waals surface area contributed by atoms with Crippen LogP contribution in [0, 0.1) is 46.5 Å². The number of benzene rings is 6. The first-order valence-corrected chi connectivity index (χ1v) is 23.2. The van der Waals surface area contributed by atoms with E-state index in [0.717, 1.165) is 57.6 Å². The molecule has 8 aromatic rings. The Morgan fingerprint density at radius 2 is 0.855 bits per heavy atom. The number of thiophene rings is 2. The number of nitrogens with zero attached hydrogens (tertiary/aromatic N) is 2. The van der Waals surface area contributed by atoms with Gasteiger partial charge in [0.2, 0.25) is 0 Å². The number of hydrogen-bond acceptors (Lipinski definition) is 7. The zero-order valence-corrected chi connectivity index (χ0v) is 35.7. The van der Waals surface area contributed by atoms with Crippen molar-refractivity contribution in [2.24, 2.45) is 0 Å². The van der Waals surface area contributed by atoms with Crippen molar-refractivity contribution in [1.82, 2.24) is 0 Å². The molecule has 62 heavy (non-hydrogen) atoms. The third kappa shape index (κ3) is 6.80. The van der Waals surface area contributed by atoms with Crippen molar-refractivity contribution in [3.8, 4) is 11.1 Å². The minimum atomic E-state index is -2.25. The van der Waals surface area contributed by atoms with E-state index in [4.69, 9.17) is 0 Å². The highest BCUT2D eigenvalue weighted by Crippen LogP contribution is 2.56. The fraction of sp³-hybridized carbons (Fsp3) is 0.0638. The second-order valence-corrected chi connectivity index (χ2v) is 19.2. The molecular formula is C47H26F8N2S5. The van der Waals surface area contributed by atoms with Crippen molar-refractivity contribution in [2.75, 3.05) is 9.80 Å². The first-order valence-electron chi connectivity index (χ1n) is 19.0. The summed E-state index contributed by atoms with van der Waals surface area (Å²) >= 11 is 6.17. The van der Waals surface area contributed by atoms with Gasteiger partial charge < -0.3 is 0 Å². The van der Waals surface area contributed by atoms with E-state index >= 15 is 35.1 Å². The first-order chi connectivity index (χ1) is 30.1. The summed E-state index contributed by atoms with van der Waals surface area (Å²) in [5.41, 5.74) is -4.16. The van der Waals surface area contributed by atoms with Gasteiger partial charge in [-0.05, 0) is 108 Å². The lowest BCUT2D eigenvalue weighted by Crippen LogP contribution is -2.19. The molecule has 0 saturated heterocycles. The molecule has 310 valence electrons. The zero-order chi connectivity index (χ0) is 42.8. The third-order valence-electron chi connectivity index (χ3n) is 10.5. The average molecular weight is 931 g/mol. The van der Waals surface area contributed by atoms with Crippen LogP contribution in [0.4, 0.5) is 67.9 Å². The lowest BCUT2D eigenvalue weighted by molar-refractivity contribution is 0.444. The van der Waals surface area contributed by atoms with Gasteiger partial charge in [0.25, 0.3) is 0 Å². The number of anilines is 6. The van der Waals surface area contributed by atoms with Gasteiger partial charge in [-0.15, -0.1) is 22.7 Å². The van der Waals surface area contributed by atoms with Crippen molar-refractivity contribution in [3.63, 3.8) is 0 Å². The average Bonchev–Trinajstić information content (AvgIpc) is 4.02. The summed E-state index contributed by atoms with van der Waals surface area (Å²) in [4.78, 5) is 6.73. The molecule has 10 rings (SSSR count). The summed E-state index contributed by atoms with van der Waals surface area (Å²) in [5, 5.41) is 3.52. The van der Waals surface area contributed by atoms with Crippen LogP contribution in [0.2, 0.25) is 0 Å². The summed E-state index contributed by atoms with van der Waals surface area (Å²) < 4.78 is 133. The summed E-state index contributed by atoms with van der Waals surface area (Å²) in [6.45, 7) is 0. The largest absolute Gasteiger partial charge is 0.296 e. The van der Waals surface area contributed by atoms with Gasteiger partial charge in [0, 0.05) is 24.5 Å². The van der Waals surface area contributed by atoms with E-state index in [1.807, 2.05) is 54.6 Å². The van der Waals surface area contributed by atoms with Crippen LogP contribution in [0.15, 0.2) is 149 Å². The molecule has 0 bridgehead atoms. The molecule has 4 heterocycles. The Labute approximate surface area is 370 Å². The molecule has 0 N–H and O–H groups in total. The summed E-state index contributed by atoms with van der Waals surface area (Å²) in [5.74, 6) is -17.1. The lowest BCUT2D eigenvalue weighted by Gasteiger charge is -2.30. The van der Waals surface area contributed by atoms with Gasteiger partial charge in [0.15, 0.2) is 46.5 Å². The van der Waals surface area contributed by atoms with Crippen LogP contribution in [0.5, 0.6) is 0 Å². The van der Waals surface area contributed by atoms with Crippen LogP contribution in [0.1, 0.15) is 17.5 Å². The molecule has 0 amide bonds. The Bertz CT molecular complexity index is 2990. The number of aryl methyl sites for hydroxylation is 1. The minimum absolute atomic E-state index is 0.150. The van der Waals surface area contributed by atoms with Crippen LogP contribution < -0.4 is 9.80 Å². The predicted molar refractivity (Wildman–Crippen MR) is 234 cm³/mol. The second-order valence-electron chi connectivity index (χ2n) is 14.1. The highest BCUT2D eigenvalue weighted by molar-refractivity contribution is 8.05. The highest BCUT2D eigenvalue weighted by Gasteiger charge is 2.39. The summed E-state index contributed by atoms with van der Waals surface area (Å²) in [6, 6.07) is 31.4. The van der Waals surface area contributed by atoms with Crippen molar-refractivity contribution < 1.29 is 35.1 Å². The van der Waals surface area contributed by atoms with Crippen LogP contribution in [-0.2, 0) is 12.8 Å². The standard InChI is InChI=1S/C47H26F8N2S5/c48-37-35(38(49)42(53)45(41(37)52)56(33-20-8-22-58-33)26-13-6-18-29-25(26)12-5-11-24-10-1-2-15-28(24)60-29)36-39(50)43(54)46(44(55)40(36)51)57(34-21-9-23-59-34)27-14-7-19-32-47(27)62-31-17-4-3-16-30(31)61-32/h1-4,6-10,13-23H,5,11-12H2. The molecule has 2 aromatic heterocycles. The molecule has 0 unspecified atom stereocenters. The normalized spacial score (nSPS) is 13.1. The van der Waals surface area contributed by atoms with E-state index in [1.54, 1.807) is 47.2 Å². The fourth-order valence-corrected chi connectivity index (χ4v) is 12.8. The van der Waals surface area contributed by atoms with Gasteiger partial charge in [-0.1, -0.05) is 77.8 Å². The Morgan fingerprint density at radius 3 is 1.42 bits per heavy atom. The zero-order valence-electron chi connectivity index (χ0n) is 31.6. The number of halogens is 8. The molecule has 6 aromatic carbocycles. The second kappa shape index (κ2) is 16.5. The molecule has 15 heteroatoms. The molecule has 2 aliphatic heterocycles. The van der Waals surface area contributed by atoms with E-state index in [1.165, 1.54) is 53.5 Å². The smallest absolute Gasteiger partial charge is 0.186 e. The van der Waals surface area contributed by atoms with E-state index in [0.29, 0.717) is 34.6 Å². The molecule has 2 nitrogen and oxygen atoms in total. The Morgan fingerprint density at radius 1 is 0.387 bits per heavy atom. The van der Waals surface area contributed by atoms with Gasteiger partial charge in [-0.3, -0.25) is 9.80 Å². The van der Waals surface area contributed by atoms with Gasteiger partial charge in [0.05, 0.1) is 27.4 Å². The number of fused-ring (bicyclic) bond motifs is 4. The monoisotopic (exact) mass is 930 g/mol. The molecule has 0 saturated carbocycles. The SMILES string of the molecule is Fc1c(F)c(N(c2cccs2)c2cccc3c2CCCc2ccccc2S3)c(F)c(F)c1-c1c(F)c(F)c(N(c2cccs2)c2cccc3c2Sc2ccccc2S3)c(F)c1F. The van der Waals surface area contributed by atoms with Gasteiger partial charge >= 0.3 is 0 Å². The van der Waals surface area contributed by atoms with Gasteiger partial charge in [-0.2, -0.15) is 0 Å². The molecule has 2 aliphatic rings. The van der Waals surface area contributed by atoms with Gasteiger partial charge in [-0.25, -0.2) is 35.1 Å². The maximum absolute atomic E-state index is 16.8. The van der Waals surface area contributed by atoms with Crippen LogP contribution in [0.25, 0.3) is 11.1 Å². The van der Waals surface area contributed by atoms with E-state index in [-0.39, 0.29) is 21.4 Å². The molecule has 0 radical (unpaired) electrons. The number of hydrogen-bond donors (Lipinski definition) is 0. The van der Waals surface area contributed by atoms with Crippen LogP contribution in [-0.4, -0.2) is 0 Å². The molecule has 0 aliphatic carbocycles. The first kappa shape index (κ1) is 40.9. The quantitative estimate of drug-likeness (QED) is 0.116. The molecule has 0 fully saturated rings. The van der Waals surface area contributed by atoms with Crippen molar-refractivity contribution in [2.45, 2.75) is 48.6 Å². The lowest BCUT2D eigenvalue weighted by atomic mass is 9.98. The van der Waals surface area contributed by atoms with Crippen molar-refractivity contribution in [1.29, 1.82) is 0 Å². The van der Waals surface area contributed by atoms with Crippen molar-refractivity contribution in [3.05, 3.63) is 178 Å². The fourth-order valence-electron chi connectivity index (χ4n) is 7.77. The maximum atomic E-state index is 16.8. The minimum Gasteiger partial charge on any atom is -0.296 e. The van der Waals surface area contributed by atoms with E-state index < -0.39 is 69.0 Å². The molecular weight excluding hydrogens is 905 g/mol. The topological polar surface area (TPSA) is 6.48 Å². The summed E-state index contributed by atoms with van der Waals surface area (Å²) in [6.07, 6.45) is 1.77. The van der Waals surface area contributed by atoms with E-state index in [2.05, 4.69) is 0 Å². The molecule has 0 atom stereocenters. The van der Waals surface area contributed by atoms with Crippen LogP contribution >= 0.6 is 58.0 Å². The predicted octanol–water partition coefficient (Wildman–Crippen LogP) is 16.8. The maximum Gasteiger partial charge on any atom is 0.186 e. The Balaban J connectivity index is 1.12. The molecule has 0 spiro atoms.